The molecule has 0 atom stereocenters. The van der Waals surface area contributed by atoms with Gasteiger partial charge in [-0.2, -0.15) is 0 Å². The van der Waals surface area contributed by atoms with E-state index in [4.69, 9.17) is 9.84 Å². The van der Waals surface area contributed by atoms with E-state index in [1.54, 1.807) is 12.1 Å². The summed E-state index contributed by atoms with van der Waals surface area (Å²) in [6.45, 7) is 0. The molecular weight excluding hydrogens is 254 g/mol. The van der Waals surface area contributed by atoms with Crippen LogP contribution in [0.2, 0.25) is 0 Å². The molecule has 0 unspecified atom stereocenters. The Morgan fingerprint density at radius 1 is 1.11 bits per heavy atom. The fourth-order valence-electron chi connectivity index (χ4n) is 1.73. The molecule has 2 aromatic rings. The van der Waals surface area contributed by atoms with E-state index in [1.807, 2.05) is 0 Å². The number of carboxylic acids is 1. The molecule has 2 aromatic carbocycles. The van der Waals surface area contributed by atoms with Gasteiger partial charge in [0, 0.05) is 0 Å². The molecule has 0 amide bonds. The van der Waals surface area contributed by atoms with E-state index in [2.05, 4.69) is 0 Å². The van der Waals surface area contributed by atoms with Crippen molar-refractivity contribution in [3.8, 4) is 16.9 Å². The lowest BCUT2D eigenvalue weighted by molar-refractivity contribution is 0.0696. The number of carbonyl (C=O) groups is 1. The first-order valence-electron chi connectivity index (χ1n) is 5.39. The summed E-state index contributed by atoms with van der Waals surface area (Å²) in [4.78, 5) is 10.7. The van der Waals surface area contributed by atoms with Crippen LogP contribution in [0, 0.1) is 11.6 Å². The minimum atomic E-state index is -1.38. The maximum atomic E-state index is 13.8. The highest BCUT2D eigenvalue weighted by Crippen LogP contribution is 2.28. The van der Waals surface area contributed by atoms with Crippen LogP contribution in [0.3, 0.4) is 0 Å². The Labute approximate surface area is 108 Å². The summed E-state index contributed by atoms with van der Waals surface area (Å²) in [7, 11) is 1.48. The maximum Gasteiger partial charge on any atom is 0.335 e. The Bertz CT molecular complexity index is 598. The van der Waals surface area contributed by atoms with Gasteiger partial charge in [0.1, 0.15) is 17.4 Å². The summed E-state index contributed by atoms with van der Waals surface area (Å²) >= 11 is 0. The van der Waals surface area contributed by atoms with E-state index in [0.29, 0.717) is 11.3 Å². The lowest BCUT2D eigenvalue weighted by Crippen LogP contribution is -2.00. The number of rotatable bonds is 3. The summed E-state index contributed by atoms with van der Waals surface area (Å²) in [6.07, 6.45) is 0. The zero-order valence-electron chi connectivity index (χ0n) is 9.98. The zero-order chi connectivity index (χ0) is 14.0. The first-order valence-corrected chi connectivity index (χ1v) is 5.39. The smallest absolute Gasteiger partial charge is 0.335 e. The van der Waals surface area contributed by atoms with Gasteiger partial charge in [0.2, 0.25) is 0 Å². The van der Waals surface area contributed by atoms with Crippen LogP contribution >= 0.6 is 0 Å². The SMILES string of the molecule is COc1ccc(-c2c(F)cc(C(=O)O)cc2F)cc1. The molecule has 0 saturated carbocycles. The van der Waals surface area contributed by atoms with Crippen molar-refractivity contribution < 1.29 is 23.4 Å². The molecule has 0 aliphatic carbocycles. The van der Waals surface area contributed by atoms with Crippen LogP contribution in [0.25, 0.3) is 11.1 Å². The minimum Gasteiger partial charge on any atom is -0.497 e. The Morgan fingerprint density at radius 2 is 1.63 bits per heavy atom. The maximum absolute atomic E-state index is 13.8. The van der Waals surface area contributed by atoms with Crippen LogP contribution < -0.4 is 4.74 Å². The first kappa shape index (κ1) is 13.0. The summed E-state index contributed by atoms with van der Waals surface area (Å²) < 4.78 is 32.6. The predicted octanol–water partition coefficient (Wildman–Crippen LogP) is 3.34. The van der Waals surface area contributed by atoms with Crippen molar-refractivity contribution in [2.45, 2.75) is 0 Å². The molecule has 0 saturated heterocycles. The summed E-state index contributed by atoms with van der Waals surface area (Å²) in [5.41, 5.74) is -0.368. The predicted molar refractivity (Wildman–Crippen MR) is 65.3 cm³/mol. The highest BCUT2D eigenvalue weighted by atomic mass is 19.1. The van der Waals surface area contributed by atoms with Crippen LogP contribution in [0.1, 0.15) is 10.4 Å². The van der Waals surface area contributed by atoms with Crippen molar-refractivity contribution >= 4 is 5.97 Å². The van der Waals surface area contributed by atoms with Gasteiger partial charge in [0.25, 0.3) is 0 Å². The van der Waals surface area contributed by atoms with Gasteiger partial charge in [-0.25, -0.2) is 13.6 Å². The number of ether oxygens (including phenoxy) is 1. The Hall–Kier alpha value is -2.43. The normalized spacial score (nSPS) is 10.3. The molecule has 19 heavy (non-hydrogen) atoms. The average Bonchev–Trinajstić information content (AvgIpc) is 2.38. The van der Waals surface area contributed by atoms with Gasteiger partial charge in [0.15, 0.2) is 0 Å². The number of carboxylic acid groups (broad SMARTS) is 1. The van der Waals surface area contributed by atoms with Crippen molar-refractivity contribution in [1.82, 2.24) is 0 Å². The highest BCUT2D eigenvalue weighted by molar-refractivity contribution is 5.88. The van der Waals surface area contributed by atoms with Crippen LogP contribution in [0.5, 0.6) is 5.75 Å². The second-order valence-electron chi connectivity index (χ2n) is 3.85. The Kier molecular flexibility index (Phi) is 3.46. The van der Waals surface area contributed by atoms with E-state index in [-0.39, 0.29) is 5.56 Å². The summed E-state index contributed by atoms with van der Waals surface area (Å²) in [5, 5.41) is 8.71. The Balaban J connectivity index is 2.52. The second kappa shape index (κ2) is 5.06. The van der Waals surface area contributed by atoms with Gasteiger partial charge in [-0.3, -0.25) is 0 Å². The highest BCUT2D eigenvalue weighted by Gasteiger charge is 2.16. The number of halogens is 2. The molecule has 2 rings (SSSR count). The van der Waals surface area contributed by atoms with E-state index < -0.39 is 23.2 Å². The molecule has 0 aromatic heterocycles. The molecule has 0 radical (unpaired) electrons. The number of aromatic carboxylic acids is 1. The van der Waals surface area contributed by atoms with Gasteiger partial charge in [-0.05, 0) is 29.8 Å². The van der Waals surface area contributed by atoms with E-state index in [1.165, 1.54) is 19.2 Å². The first-order chi connectivity index (χ1) is 9.02. The van der Waals surface area contributed by atoms with Crippen molar-refractivity contribution in [2.75, 3.05) is 7.11 Å². The van der Waals surface area contributed by atoms with Crippen LogP contribution in [0.4, 0.5) is 8.78 Å². The molecule has 0 fully saturated rings. The van der Waals surface area contributed by atoms with Crippen LogP contribution in [0.15, 0.2) is 36.4 Å². The average molecular weight is 264 g/mol. The van der Waals surface area contributed by atoms with Gasteiger partial charge < -0.3 is 9.84 Å². The van der Waals surface area contributed by atoms with Crippen molar-refractivity contribution in [1.29, 1.82) is 0 Å². The number of hydrogen-bond donors (Lipinski definition) is 1. The molecule has 0 aliphatic rings. The van der Waals surface area contributed by atoms with Gasteiger partial charge in [0.05, 0.1) is 18.2 Å². The molecule has 0 bridgehead atoms. The third-order valence-electron chi connectivity index (χ3n) is 2.67. The monoisotopic (exact) mass is 264 g/mol. The molecule has 0 heterocycles. The molecule has 0 aliphatic heterocycles. The fourth-order valence-corrected chi connectivity index (χ4v) is 1.73. The van der Waals surface area contributed by atoms with E-state index >= 15 is 0 Å². The molecular formula is C14H10F2O3. The lowest BCUT2D eigenvalue weighted by Gasteiger charge is -2.07. The van der Waals surface area contributed by atoms with Crippen LogP contribution in [-0.4, -0.2) is 18.2 Å². The van der Waals surface area contributed by atoms with Crippen molar-refractivity contribution in [3.05, 3.63) is 53.6 Å². The number of benzene rings is 2. The number of hydrogen-bond acceptors (Lipinski definition) is 2. The van der Waals surface area contributed by atoms with Crippen molar-refractivity contribution in [3.63, 3.8) is 0 Å². The van der Waals surface area contributed by atoms with Crippen LogP contribution in [-0.2, 0) is 0 Å². The quantitative estimate of drug-likeness (QED) is 0.924. The third-order valence-corrected chi connectivity index (χ3v) is 2.67. The van der Waals surface area contributed by atoms with Gasteiger partial charge >= 0.3 is 5.97 Å². The minimum absolute atomic E-state index is 0.257. The topological polar surface area (TPSA) is 46.5 Å². The second-order valence-corrected chi connectivity index (χ2v) is 3.85. The van der Waals surface area contributed by atoms with Gasteiger partial charge in [-0.1, -0.05) is 12.1 Å². The molecule has 3 nitrogen and oxygen atoms in total. The molecule has 0 spiro atoms. The van der Waals surface area contributed by atoms with Crippen molar-refractivity contribution in [2.24, 2.45) is 0 Å². The van der Waals surface area contributed by atoms with E-state index in [0.717, 1.165) is 12.1 Å². The largest absolute Gasteiger partial charge is 0.497 e. The molecule has 98 valence electrons. The molecule has 1 N–H and O–H groups in total. The molecule has 5 heteroatoms. The van der Waals surface area contributed by atoms with E-state index in [9.17, 15) is 13.6 Å². The third kappa shape index (κ3) is 2.54. The number of methoxy groups -OCH3 is 1. The summed E-state index contributed by atoms with van der Waals surface area (Å²) in [5.74, 6) is -2.64. The standard InChI is InChI=1S/C14H10F2O3/c1-19-10-4-2-8(3-5-10)13-11(15)6-9(14(17)18)7-12(13)16/h2-7H,1H3,(H,17,18). The zero-order valence-corrected chi connectivity index (χ0v) is 9.98. The van der Waals surface area contributed by atoms with Gasteiger partial charge in [-0.15, -0.1) is 0 Å². The Morgan fingerprint density at radius 3 is 2.05 bits per heavy atom. The fraction of sp³-hybridized carbons (Fsp3) is 0.0714. The summed E-state index contributed by atoms with van der Waals surface area (Å²) in [6, 6.07) is 7.73. The lowest BCUT2D eigenvalue weighted by atomic mass is 10.0.